The van der Waals surface area contributed by atoms with E-state index in [0.717, 1.165) is 5.01 Å². The van der Waals surface area contributed by atoms with Gasteiger partial charge in [-0.3, -0.25) is 29.4 Å². The zero-order valence-corrected chi connectivity index (χ0v) is 25.9. The van der Waals surface area contributed by atoms with Crippen LogP contribution in [0.25, 0.3) is 0 Å². The number of hydrazine groups is 1. The normalized spacial score (nSPS) is 12.9. The molecule has 228 valence electrons. The molecule has 0 saturated heterocycles. The Morgan fingerprint density at radius 2 is 1.55 bits per heavy atom. The zero-order chi connectivity index (χ0) is 31.8. The maximum atomic E-state index is 13.6. The van der Waals surface area contributed by atoms with Crippen molar-refractivity contribution in [2.75, 3.05) is 18.2 Å². The number of nitrogens with one attached hydrogen (secondary N) is 3. The number of carbonyl (C=O) groups excluding carboxylic acids is 5. The van der Waals surface area contributed by atoms with Crippen LogP contribution in [0.2, 0.25) is 5.02 Å². The number of halogens is 2. The standard InChI is InChI=1S/C29H37Cl2N5O6/c1-28(2,3)24(34-25(39)18-12-13-20(32)19(31)14-18)27(41)33-23(17-10-8-7-9-11-17)26(40)35-36(21(37)15-30)16-22(38)42-29(4,5)6/h7-14,23-24H,15-16,32H2,1-6H3,(H,33,41)(H,34,39)(H,35,40)/t23?,24-/m1/s1. The molecule has 2 aromatic rings. The highest BCUT2D eigenvalue weighted by molar-refractivity contribution is 6.33. The number of nitrogens with zero attached hydrogens (tertiary/aromatic N) is 1. The first-order chi connectivity index (χ1) is 19.4. The van der Waals surface area contributed by atoms with Gasteiger partial charge in [0.15, 0.2) is 0 Å². The van der Waals surface area contributed by atoms with E-state index in [9.17, 15) is 24.0 Å². The van der Waals surface area contributed by atoms with E-state index in [1.807, 2.05) is 0 Å². The first kappa shape index (κ1) is 34.4. The average molecular weight is 623 g/mol. The lowest BCUT2D eigenvalue weighted by molar-refractivity contribution is -0.161. The van der Waals surface area contributed by atoms with Gasteiger partial charge in [-0.2, -0.15) is 0 Å². The maximum absolute atomic E-state index is 13.6. The van der Waals surface area contributed by atoms with Crippen molar-refractivity contribution in [3.05, 3.63) is 64.7 Å². The second-order valence-electron chi connectivity index (χ2n) is 11.5. The fraction of sp³-hybridized carbons (Fsp3) is 0.414. The summed E-state index contributed by atoms with van der Waals surface area (Å²) in [6.45, 7) is 9.58. The van der Waals surface area contributed by atoms with E-state index >= 15 is 0 Å². The van der Waals surface area contributed by atoms with Crippen LogP contribution in [0.3, 0.4) is 0 Å². The molecule has 4 amide bonds. The summed E-state index contributed by atoms with van der Waals surface area (Å²) in [6.07, 6.45) is 0. The Labute approximate surface area is 255 Å². The molecule has 0 fully saturated rings. The molecule has 1 unspecified atom stereocenters. The van der Waals surface area contributed by atoms with Crippen molar-refractivity contribution in [3.63, 3.8) is 0 Å². The molecule has 0 radical (unpaired) electrons. The van der Waals surface area contributed by atoms with E-state index in [0.29, 0.717) is 11.3 Å². The number of alkyl halides is 1. The van der Waals surface area contributed by atoms with E-state index in [-0.39, 0.29) is 10.6 Å². The molecule has 0 heterocycles. The molecule has 2 rings (SSSR count). The summed E-state index contributed by atoms with van der Waals surface area (Å²) in [6, 6.07) is 10.2. The number of nitrogens with two attached hydrogens (primary N) is 1. The first-order valence-electron chi connectivity index (χ1n) is 13.0. The van der Waals surface area contributed by atoms with Crippen LogP contribution in [0.1, 0.15) is 63.5 Å². The molecular formula is C29H37Cl2N5O6. The van der Waals surface area contributed by atoms with E-state index in [2.05, 4.69) is 16.1 Å². The summed E-state index contributed by atoms with van der Waals surface area (Å²) in [5.41, 5.74) is 7.34. The zero-order valence-electron chi connectivity index (χ0n) is 24.4. The second-order valence-corrected chi connectivity index (χ2v) is 12.2. The number of nitrogen functional groups attached to an aromatic ring is 1. The molecular weight excluding hydrogens is 585 g/mol. The highest BCUT2D eigenvalue weighted by Crippen LogP contribution is 2.24. The molecule has 0 aliphatic rings. The summed E-state index contributed by atoms with van der Waals surface area (Å²) in [5.74, 6) is -4.16. The maximum Gasteiger partial charge on any atom is 0.328 e. The van der Waals surface area contributed by atoms with Gasteiger partial charge in [0.1, 0.15) is 30.1 Å². The largest absolute Gasteiger partial charge is 0.459 e. The Hall–Kier alpha value is -3.83. The molecule has 13 heteroatoms. The minimum Gasteiger partial charge on any atom is -0.459 e. The van der Waals surface area contributed by atoms with Crippen molar-refractivity contribution in [1.82, 2.24) is 21.1 Å². The third kappa shape index (κ3) is 10.2. The molecule has 0 aliphatic carbocycles. The molecule has 0 aliphatic heterocycles. The van der Waals surface area contributed by atoms with Gasteiger partial charge in [0, 0.05) is 5.56 Å². The van der Waals surface area contributed by atoms with Crippen molar-refractivity contribution in [2.45, 2.75) is 59.2 Å². The second kappa shape index (κ2) is 14.4. The Morgan fingerprint density at radius 1 is 0.929 bits per heavy atom. The minimum atomic E-state index is -1.32. The minimum absolute atomic E-state index is 0.183. The van der Waals surface area contributed by atoms with Crippen molar-refractivity contribution in [3.8, 4) is 0 Å². The lowest BCUT2D eigenvalue weighted by Crippen LogP contribution is -2.57. The molecule has 0 saturated carbocycles. The Morgan fingerprint density at radius 3 is 2.07 bits per heavy atom. The molecule has 0 spiro atoms. The van der Waals surface area contributed by atoms with Crippen LogP contribution >= 0.6 is 23.2 Å². The number of anilines is 1. The fourth-order valence-electron chi connectivity index (χ4n) is 3.69. The van der Waals surface area contributed by atoms with Crippen LogP contribution in [-0.4, -0.2) is 58.7 Å². The van der Waals surface area contributed by atoms with Gasteiger partial charge < -0.3 is 21.1 Å². The smallest absolute Gasteiger partial charge is 0.328 e. The predicted octanol–water partition coefficient (Wildman–Crippen LogP) is 3.36. The molecule has 11 nitrogen and oxygen atoms in total. The summed E-state index contributed by atoms with van der Waals surface area (Å²) >= 11 is 11.8. The number of esters is 1. The van der Waals surface area contributed by atoms with Crippen LogP contribution in [0.4, 0.5) is 5.69 Å². The summed E-state index contributed by atoms with van der Waals surface area (Å²) in [4.78, 5) is 65.1. The third-order valence-corrected chi connectivity index (χ3v) is 6.27. The van der Waals surface area contributed by atoms with Crippen LogP contribution in [0.15, 0.2) is 48.5 Å². The fourth-order valence-corrected chi connectivity index (χ4v) is 4.02. The summed E-state index contributed by atoms with van der Waals surface area (Å²) in [7, 11) is 0. The number of ether oxygens (including phenoxy) is 1. The van der Waals surface area contributed by atoms with Crippen LogP contribution in [0, 0.1) is 5.41 Å². The highest BCUT2D eigenvalue weighted by Gasteiger charge is 2.36. The van der Waals surface area contributed by atoms with Crippen molar-refractivity contribution >= 4 is 58.5 Å². The summed E-state index contributed by atoms with van der Waals surface area (Å²) < 4.78 is 5.26. The van der Waals surface area contributed by atoms with E-state index in [4.69, 9.17) is 33.7 Å². The lowest BCUT2D eigenvalue weighted by atomic mass is 9.85. The van der Waals surface area contributed by atoms with Gasteiger partial charge in [-0.25, -0.2) is 5.01 Å². The monoisotopic (exact) mass is 621 g/mol. The molecule has 0 aromatic heterocycles. The number of hydrogen-bond acceptors (Lipinski definition) is 7. The van der Waals surface area contributed by atoms with Gasteiger partial charge in [-0.15, -0.1) is 11.6 Å². The Bertz CT molecular complexity index is 1310. The van der Waals surface area contributed by atoms with Gasteiger partial charge in [-0.1, -0.05) is 62.7 Å². The lowest BCUT2D eigenvalue weighted by Gasteiger charge is -2.32. The van der Waals surface area contributed by atoms with Crippen molar-refractivity contribution in [2.24, 2.45) is 5.41 Å². The average Bonchev–Trinajstić information content (AvgIpc) is 2.89. The quantitative estimate of drug-likeness (QED) is 0.144. The van der Waals surface area contributed by atoms with Crippen LogP contribution in [-0.2, 0) is 23.9 Å². The van der Waals surface area contributed by atoms with E-state index in [1.54, 1.807) is 71.9 Å². The predicted molar refractivity (Wildman–Crippen MR) is 160 cm³/mol. The molecule has 2 aromatic carbocycles. The Kier molecular flexibility index (Phi) is 11.8. The number of carbonyl (C=O) groups is 5. The number of rotatable bonds is 9. The Balaban J connectivity index is 2.35. The first-order valence-corrected chi connectivity index (χ1v) is 13.9. The van der Waals surface area contributed by atoms with Gasteiger partial charge in [0.25, 0.3) is 17.7 Å². The van der Waals surface area contributed by atoms with Crippen molar-refractivity contribution < 1.29 is 28.7 Å². The summed E-state index contributed by atoms with van der Waals surface area (Å²) in [5, 5.41) is 6.30. The topological polar surface area (TPSA) is 160 Å². The molecule has 42 heavy (non-hydrogen) atoms. The van der Waals surface area contributed by atoms with Gasteiger partial charge in [0.05, 0.1) is 10.7 Å². The SMILES string of the molecule is CC(C)(C)OC(=O)CN(NC(=O)C(NC(=O)[C@@H](NC(=O)c1ccc(N)c(Cl)c1)C(C)(C)C)c1ccccc1)C(=O)CCl. The van der Waals surface area contributed by atoms with Crippen LogP contribution < -0.4 is 21.8 Å². The number of hydrogen-bond donors (Lipinski definition) is 4. The van der Waals surface area contributed by atoms with Crippen molar-refractivity contribution in [1.29, 1.82) is 0 Å². The third-order valence-electron chi connectivity index (χ3n) is 5.72. The van der Waals surface area contributed by atoms with E-state index in [1.165, 1.54) is 18.2 Å². The number of amides is 4. The van der Waals surface area contributed by atoms with E-state index < -0.39 is 65.1 Å². The van der Waals surface area contributed by atoms with Gasteiger partial charge in [0.2, 0.25) is 5.91 Å². The molecule has 0 bridgehead atoms. The molecule has 5 N–H and O–H groups in total. The van der Waals surface area contributed by atoms with Gasteiger partial charge >= 0.3 is 5.97 Å². The number of benzene rings is 2. The molecule has 2 atom stereocenters. The van der Waals surface area contributed by atoms with Crippen LogP contribution in [0.5, 0.6) is 0 Å². The highest BCUT2D eigenvalue weighted by atomic mass is 35.5. The van der Waals surface area contributed by atoms with Gasteiger partial charge in [-0.05, 0) is 49.9 Å².